The van der Waals surface area contributed by atoms with Crippen LogP contribution in [0.25, 0.3) is 11.1 Å². The molecule has 2 N–H and O–H groups in total. The Labute approximate surface area is 170 Å². The zero-order valence-electron chi connectivity index (χ0n) is 16.3. The lowest BCUT2D eigenvalue weighted by Gasteiger charge is -2.27. The molecular weight excluding hydrogens is 366 g/mol. The highest BCUT2D eigenvalue weighted by molar-refractivity contribution is 5.89. The molecule has 0 aromatic heterocycles. The average Bonchev–Trinajstić information content (AvgIpc) is 3.22. The highest BCUT2D eigenvalue weighted by atomic mass is 16.5. The number of aliphatic carboxylic acids is 1. The van der Waals surface area contributed by atoms with Crippen molar-refractivity contribution in [1.82, 2.24) is 5.32 Å². The first kappa shape index (κ1) is 18.2. The fourth-order valence-electron chi connectivity index (χ4n) is 5.64. The van der Waals surface area contributed by atoms with Crippen LogP contribution in [0.1, 0.15) is 55.6 Å². The van der Waals surface area contributed by atoms with Gasteiger partial charge in [0.05, 0.1) is 0 Å². The number of benzene rings is 2. The number of amides is 1. The van der Waals surface area contributed by atoms with Crippen molar-refractivity contribution in [3.05, 3.63) is 59.7 Å². The van der Waals surface area contributed by atoms with E-state index in [9.17, 15) is 14.7 Å². The summed E-state index contributed by atoms with van der Waals surface area (Å²) in [7, 11) is 0. The van der Waals surface area contributed by atoms with Crippen LogP contribution >= 0.6 is 0 Å². The molecule has 0 radical (unpaired) electrons. The van der Waals surface area contributed by atoms with Gasteiger partial charge in [0.2, 0.25) is 0 Å². The molecule has 1 atom stereocenters. The molecule has 0 bridgehead atoms. The van der Waals surface area contributed by atoms with Gasteiger partial charge in [-0.25, -0.2) is 9.59 Å². The number of fused-ring (bicyclic) bond motifs is 3. The number of carboxylic acid groups (broad SMARTS) is 1. The van der Waals surface area contributed by atoms with Crippen molar-refractivity contribution in [2.45, 2.75) is 50.0 Å². The fraction of sp³-hybridized carbons (Fsp3) is 0.417. The maximum Gasteiger partial charge on any atom is 0.408 e. The molecule has 0 aliphatic heterocycles. The molecule has 1 amide bonds. The van der Waals surface area contributed by atoms with Gasteiger partial charge in [0.1, 0.15) is 12.1 Å². The van der Waals surface area contributed by atoms with E-state index in [-0.39, 0.29) is 17.9 Å². The lowest BCUT2D eigenvalue weighted by Crippen LogP contribution is -2.48. The number of hydrogen-bond acceptors (Lipinski definition) is 3. The van der Waals surface area contributed by atoms with E-state index >= 15 is 0 Å². The highest BCUT2D eigenvalue weighted by Crippen LogP contribution is 2.64. The molecule has 3 aliphatic carbocycles. The first-order chi connectivity index (χ1) is 14.1. The SMILES string of the molecule is O=C(NC1(C(=O)O)CC12CCCCC2)OCC1c2ccccc2-c2ccccc21. The van der Waals surface area contributed by atoms with Crippen LogP contribution in [-0.4, -0.2) is 29.3 Å². The van der Waals surface area contributed by atoms with Gasteiger partial charge >= 0.3 is 12.1 Å². The van der Waals surface area contributed by atoms with E-state index in [2.05, 4.69) is 29.6 Å². The number of carboxylic acids is 1. The lowest BCUT2D eigenvalue weighted by molar-refractivity contribution is -0.142. The van der Waals surface area contributed by atoms with E-state index in [0.717, 1.165) is 43.2 Å². The van der Waals surface area contributed by atoms with Crippen molar-refractivity contribution in [3.8, 4) is 11.1 Å². The Kier molecular flexibility index (Phi) is 4.16. The Hall–Kier alpha value is -2.82. The second kappa shape index (κ2) is 6.61. The zero-order chi connectivity index (χ0) is 20.1. The molecule has 2 saturated carbocycles. The quantitative estimate of drug-likeness (QED) is 0.792. The second-order valence-corrected chi connectivity index (χ2v) is 8.68. The molecular formula is C24H25NO4. The topological polar surface area (TPSA) is 75.6 Å². The molecule has 0 saturated heterocycles. The third kappa shape index (κ3) is 2.75. The summed E-state index contributed by atoms with van der Waals surface area (Å²) >= 11 is 0. The van der Waals surface area contributed by atoms with Crippen LogP contribution in [0.5, 0.6) is 0 Å². The molecule has 2 aromatic carbocycles. The summed E-state index contributed by atoms with van der Waals surface area (Å²) in [5.74, 6) is -0.968. The van der Waals surface area contributed by atoms with Crippen LogP contribution in [0.4, 0.5) is 4.79 Å². The van der Waals surface area contributed by atoms with Crippen molar-refractivity contribution in [2.24, 2.45) is 5.41 Å². The molecule has 1 spiro atoms. The van der Waals surface area contributed by atoms with Gasteiger partial charge in [-0.1, -0.05) is 67.8 Å². The van der Waals surface area contributed by atoms with Crippen LogP contribution in [0.2, 0.25) is 0 Å². The Morgan fingerprint density at radius 1 is 0.966 bits per heavy atom. The van der Waals surface area contributed by atoms with Gasteiger partial charge in [-0.2, -0.15) is 0 Å². The highest BCUT2D eigenvalue weighted by Gasteiger charge is 2.72. The van der Waals surface area contributed by atoms with Crippen LogP contribution in [-0.2, 0) is 9.53 Å². The molecule has 1 unspecified atom stereocenters. The number of nitrogens with one attached hydrogen (secondary N) is 1. The molecule has 29 heavy (non-hydrogen) atoms. The third-order valence-electron chi connectivity index (χ3n) is 7.22. The first-order valence-corrected chi connectivity index (χ1v) is 10.4. The molecule has 5 nitrogen and oxygen atoms in total. The zero-order valence-corrected chi connectivity index (χ0v) is 16.3. The van der Waals surface area contributed by atoms with Gasteiger partial charge in [0.25, 0.3) is 0 Å². The lowest BCUT2D eigenvalue weighted by atomic mass is 9.82. The van der Waals surface area contributed by atoms with Gasteiger partial charge in [0, 0.05) is 11.3 Å². The number of carbonyl (C=O) groups excluding carboxylic acids is 1. The van der Waals surface area contributed by atoms with Crippen LogP contribution < -0.4 is 5.32 Å². The summed E-state index contributed by atoms with van der Waals surface area (Å²) < 4.78 is 5.59. The van der Waals surface area contributed by atoms with E-state index < -0.39 is 17.6 Å². The Balaban J connectivity index is 1.31. The van der Waals surface area contributed by atoms with Gasteiger partial charge in [-0.15, -0.1) is 0 Å². The maximum absolute atomic E-state index is 12.6. The number of ether oxygens (including phenoxy) is 1. The second-order valence-electron chi connectivity index (χ2n) is 8.68. The predicted octanol–water partition coefficient (Wildman–Crippen LogP) is 4.70. The number of hydrogen-bond donors (Lipinski definition) is 2. The van der Waals surface area contributed by atoms with Gasteiger partial charge in [-0.3, -0.25) is 0 Å². The van der Waals surface area contributed by atoms with Gasteiger partial charge in [0.15, 0.2) is 0 Å². The van der Waals surface area contributed by atoms with Crippen molar-refractivity contribution in [1.29, 1.82) is 0 Å². The molecule has 0 heterocycles. The van der Waals surface area contributed by atoms with Gasteiger partial charge in [-0.05, 0) is 41.5 Å². The van der Waals surface area contributed by atoms with Crippen molar-refractivity contribution >= 4 is 12.1 Å². The normalized spacial score (nSPS) is 23.9. The maximum atomic E-state index is 12.6. The van der Waals surface area contributed by atoms with E-state index in [1.807, 2.05) is 24.3 Å². The Morgan fingerprint density at radius 3 is 2.14 bits per heavy atom. The van der Waals surface area contributed by atoms with Crippen LogP contribution in [0.15, 0.2) is 48.5 Å². The number of carbonyl (C=O) groups is 2. The van der Waals surface area contributed by atoms with Gasteiger partial charge < -0.3 is 15.2 Å². The third-order valence-corrected chi connectivity index (χ3v) is 7.22. The number of alkyl carbamates (subject to hydrolysis) is 1. The monoisotopic (exact) mass is 391 g/mol. The largest absolute Gasteiger partial charge is 0.479 e. The minimum Gasteiger partial charge on any atom is -0.479 e. The molecule has 5 rings (SSSR count). The van der Waals surface area contributed by atoms with Crippen molar-refractivity contribution < 1.29 is 19.4 Å². The fourth-order valence-corrected chi connectivity index (χ4v) is 5.64. The van der Waals surface area contributed by atoms with E-state index in [1.54, 1.807) is 0 Å². The average molecular weight is 391 g/mol. The summed E-state index contributed by atoms with van der Waals surface area (Å²) in [6.07, 6.45) is 4.81. The molecule has 150 valence electrons. The van der Waals surface area contributed by atoms with Crippen molar-refractivity contribution in [2.75, 3.05) is 6.61 Å². The molecule has 2 fully saturated rings. The molecule has 3 aliphatic rings. The van der Waals surface area contributed by atoms with Crippen LogP contribution in [0.3, 0.4) is 0 Å². The molecule has 2 aromatic rings. The van der Waals surface area contributed by atoms with Crippen LogP contribution in [0, 0.1) is 5.41 Å². The summed E-state index contributed by atoms with van der Waals surface area (Å²) in [6, 6.07) is 16.3. The molecule has 5 heteroatoms. The smallest absolute Gasteiger partial charge is 0.408 e. The summed E-state index contributed by atoms with van der Waals surface area (Å²) in [4.78, 5) is 24.6. The van der Waals surface area contributed by atoms with E-state index in [4.69, 9.17) is 4.74 Å². The predicted molar refractivity (Wildman–Crippen MR) is 109 cm³/mol. The summed E-state index contributed by atoms with van der Waals surface area (Å²) in [5, 5.41) is 12.6. The van der Waals surface area contributed by atoms with E-state index in [1.165, 1.54) is 11.1 Å². The minimum atomic E-state index is -1.16. The minimum absolute atomic E-state index is 0.0308. The van der Waals surface area contributed by atoms with Crippen molar-refractivity contribution in [3.63, 3.8) is 0 Å². The number of rotatable bonds is 4. The summed E-state index contributed by atoms with van der Waals surface area (Å²) in [5.41, 5.74) is 3.18. The van der Waals surface area contributed by atoms with E-state index in [0.29, 0.717) is 6.42 Å². The Bertz CT molecular complexity index is 933. The standard InChI is InChI=1S/C24H25NO4/c26-21(27)24(15-23(24)12-6-1-7-13-23)25-22(28)29-14-20-18-10-4-2-8-16(18)17-9-3-5-11-19(17)20/h2-5,8-11,20H,1,6-7,12-15H2,(H,25,28)(H,26,27). The Morgan fingerprint density at radius 2 is 1.55 bits per heavy atom. The first-order valence-electron chi connectivity index (χ1n) is 10.4. The summed E-state index contributed by atoms with van der Waals surface area (Å²) in [6.45, 7) is 0.197.